The molecule has 0 bridgehead atoms. The van der Waals surface area contributed by atoms with Crippen LogP contribution in [0.1, 0.15) is 57.2 Å². The highest BCUT2D eigenvalue weighted by Gasteiger charge is 2.29. The van der Waals surface area contributed by atoms with Crippen molar-refractivity contribution in [3.63, 3.8) is 0 Å². The van der Waals surface area contributed by atoms with Crippen LogP contribution >= 0.6 is 10.7 Å². The van der Waals surface area contributed by atoms with Crippen molar-refractivity contribution in [2.75, 3.05) is 23.9 Å². The molecular formula is C23H38N4O2S. The molecule has 7 heteroatoms. The summed E-state index contributed by atoms with van der Waals surface area (Å²) in [5, 5.41) is 1.92. The third-order valence-corrected chi connectivity index (χ3v) is 7.37. The van der Waals surface area contributed by atoms with Gasteiger partial charge in [0.25, 0.3) is 5.91 Å². The van der Waals surface area contributed by atoms with E-state index in [0.717, 1.165) is 38.2 Å². The molecule has 1 aromatic rings. The van der Waals surface area contributed by atoms with Gasteiger partial charge in [-0.05, 0) is 80.8 Å². The zero-order valence-corrected chi connectivity index (χ0v) is 20.4. The fourth-order valence-electron chi connectivity index (χ4n) is 4.10. The van der Waals surface area contributed by atoms with E-state index in [1.807, 2.05) is 6.92 Å². The highest BCUT2D eigenvalue weighted by atomic mass is 32.2. The van der Waals surface area contributed by atoms with Gasteiger partial charge in [0.1, 0.15) is 0 Å². The highest BCUT2D eigenvalue weighted by Crippen LogP contribution is 2.38. The molecule has 0 saturated carbocycles. The van der Waals surface area contributed by atoms with Crippen molar-refractivity contribution >= 4 is 32.9 Å². The van der Waals surface area contributed by atoms with Gasteiger partial charge in [-0.15, -0.1) is 0 Å². The van der Waals surface area contributed by atoms with Crippen LogP contribution in [0.15, 0.2) is 12.1 Å². The van der Waals surface area contributed by atoms with Crippen molar-refractivity contribution in [2.24, 2.45) is 5.92 Å². The molecule has 0 aliphatic carbocycles. The van der Waals surface area contributed by atoms with E-state index in [-0.39, 0.29) is 17.2 Å². The van der Waals surface area contributed by atoms with Gasteiger partial charge in [-0.3, -0.25) is 25.3 Å². The Bertz CT molecular complexity index is 779. The lowest BCUT2D eigenvalue weighted by Crippen LogP contribution is -2.51. The Hall–Kier alpha value is -1.86. The topological polar surface area (TPSA) is 64.7 Å². The van der Waals surface area contributed by atoms with Crippen molar-refractivity contribution in [3.05, 3.63) is 28.8 Å². The van der Waals surface area contributed by atoms with E-state index in [0.29, 0.717) is 5.92 Å². The zero-order valence-electron chi connectivity index (χ0n) is 19.5. The van der Waals surface area contributed by atoms with Gasteiger partial charge in [-0.1, -0.05) is 38.5 Å². The lowest BCUT2D eigenvalue weighted by atomic mass is 10.0. The van der Waals surface area contributed by atoms with E-state index in [1.165, 1.54) is 16.7 Å². The van der Waals surface area contributed by atoms with Crippen LogP contribution in [0.3, 0.4) is 0 Å². The molecule has 2 rings (SSSR count). The van der Waals surface area contributed by atoms with E-state index < -0.39 is 10.7 Å². The molecule has 2 unspecified atom stereocenters. The second kappa shape index (κ2) is 11.0. The molecule has 6 nitrogen and oxygen atoms in total. The van der Waals surface area contributed by atoms with Gasteiger partial charge in [-0.2, -0.15) is 0 Å². The number of hydrazine groups is 1. The summed E-state index contributed by atoms with van der Waals surface area (Å²) in [4.78, 5) is 27.8. The normalized spacial score (nSPS) is 19.5. The third-order valence-electron chi connectivity index (χ3n) is 5.36. The largest absolute Gasteiger partial charge is 0.313 e. The van der Waals surface area contributed by atoms with Gasteiger partial charge in [0, 0.05) is 12.5 Å². The fraction of sp³-hybridized carbons (Fsp3) is 0.609. The predicted octanol–water partition coefficient (Wildman–Crippen LogP) is 4.31. The van der Waals surface area contributed by atoms with E-state index in [4.69, 9.17) is 0 Å². The first-order valence-corrected chi connectivity index (χ1v) is 12.2. The molecular weight excluding hydrogens is 396 g/mol. The molecule has 168 valence electrons. The first-order chi connectivity index (χ1) is 14.2. The summed E-state index contributed by atoms with van der Waals surface area (Å²) < 4.78 is 2.18. The van der Waals surface area contributed by atoms with Crippen molar-refractivity contribution in [1.29, 1.82) is 0 Å². The summed E-state index contributed by atoms with van der Waals surface area (Å²) in [5.41, 5.74) is 10.0. The fourth-order valence-corrected chi connectivity index (χ4v) is 6.14. The summed E-state index contributed by atoms with van der Waals surface area (Å²) >= 11 is 0. The summed E-state index contributed by atoms with van der Waals surface area (Å²) in [6.07, 6.45) is 1.98. The number of carbonyl (C=O) groups is 2. The molecule has 2 amide bonds. The van der Waals surface area contributed by atoms with Crippen molar-refractivity contribution in [3.8, 4) is 0 Å². The molecule has 1 aromatic carbocycles. The molecule has 0 aromatic heterocycles. The summed E-state index contributed by atoms with van der Waals surface area (Å²) in [6.45, 7) is 17.0. The first-order valence-electron chi connectivity index (χ1n) is 11.0. The maximum Gasteiger partial charge on any atom is 0.310 e. The Morgan fingerprint density at radius 2 is 1.70 bits per heavy atom. The number of hydrogen-bond donors (Lipinski definition) is 2. The Morgan fingerprint density at radius 3 is 2.23 bits per heavy atom. The van der Waals surface area contributed by atoms with Crippen LogP contribution in [0.25, 0.3) is 0 Å². The van der Waals surface area contributed by atoms with Gasteiger partial charge in [-0.25, -0.2) is 0 Å². The minimum absolute atomic E-state index is 0.170. The zero-order chi connectivity index (χ0) is 22.4. The van der Waals surface area contributed by atoms with Gasteiger partial charge in [0.15, 0.2) is 0 Å². The molecule has 1 aliphatic rings. The summed E-state index contributed by atoms with van der Waals surface area (Å²) in [5.74, 6) is 0.133. The van der Waals surface area contributed by atoms with Crippen molar-refractivity contribution < 1.29 is 9.59 Å². The number of benzene rings is 1. The average Bonchev–Trinajstić information content (AvgIpc) is 3.05. The molecule has 1 heterocycles. The number of carbonyl (C=O) groups excluding carboxylic acids is 2. The monoisotopic (exact) mass is 434 g/mol. The van der Waals surface area contributed by atoms with Crippen LogP contribution < -0.4 is 15.2 Å². The quantitative estimate of drug-likeness (QED) is 0.496. The number of anilines is 1. The maximum absolute atomic E-state index is 13.0. The number of nitrogens with one attached hydrogen (secondary N) is 2. The summed E-state index contributed by atoms with van der Waals surface area (Å²) in [6, 6.07) is 4.03. The molecule has 0 saturated heterocycles. The molecule has 0 spiro atoms. The third kappa shape index (κ3) is 5.85. The van der Waals surface area contributed by atoms with Gasteiger partial charge >= 0.3 is 5.24 Å². The molecule has 1 aliphatic heterocycles. The van der Waals surface area contributed by atoms with Crippen molar-refractivity contribution in [1.82, 2.24) is 15.8 Å². The van der Waals surface area contributed by atoms with Gasteiger partial charge < -0.3 is 4.31 Å². The van der Waals surface area contributed by atoms with Crippen LogP contribution in [-0.4, -0.2) is 47.1 Å². The lowest BCUT2D eigenvalue weighted by molar-refractivity contribution is -0.126. The number of amides is 2. The van der Waals surface area contributed by atoms with E-state index in [9.17, 15) is 9.59 Å². The van der Waals surface area contributed by atoms with Gasteiger partial charge in [0.2, 0.25) is 0 Å². The average molecular weight is 435 g/mol. The van der Waals surface area contributed by atoms with Crippen LogP contribution in [0.4, 0.5) is 10.5 Å². The van der Waals surface area contributed by atoms with Gasteiger partial charge in [0.05, 0.1) is 11.7 Å². The number of nitrogens with zero attached hydrogens (tertiary/aromatic N) is 2. The minimum Gasteiger partial charge on any atom is -0.313 e. The maximum atomic E-state index is 13.0. The van der Waals surface area contributed by atoms with E-state index in [2.05, 4.69) is 79.1 Å². The molecule has 0 radical (unpaired) electrons. The smallest absolute Gasteiger partial charge is 0.310 e. The molecule has 2 N–H and O–H groups in total. The Morgan fingerprint density at radius 1 is 1.13 bits per heavy atom. The van der Waals surface area contributed by atoms with Crippen LogP contribution in [0, 0.1) is 26.7 Å². The molecule has 30 heavy (non-hydrogen) atoms. The molecule has 3 atom stereocenters. The number of hydrogen-bond acceptors (Lipinski definition) is 4. The SMILES string of the molecule is CCCN(CCC)[C@@H](C)C(=O)NNC(=O)S1=CC(C)CN1c1c(C)cc(C)cc1C. The second-order valence-electron chi connectivity index (χ2n) is 8.35. The van der Waals surface area contributed by atoms with Crippen LogP contribution in [-0.2, 0) is 4.79 Å². The number of rotatable bonds is 7. The summed E-state index contributed by atoms with van der Waals surface area (Å²) in [7, 11) is -0.735. The van der Waals surface area contributed by atoms with E-state index >= 15 is 0 Å². The Kier molecular flexibility index (Phi) is 8.92. The Balaban J connectivity index is 2.10. The highest BCUT2D eigenvalue weighted by molar-refractivity contribution is 8.28. The molecule has 0 fully saturated rings. The van der Waals surface area contributed by atoms with Crippen molar-refractivity contribution in [2.45, 2.75) is 67.3 Å². The van der Waals surface area contributed by atoms with Crippen LogP contribution in [0.5, 0.6) is 0 Å². The first kappa shape index (κ1) is 24.4. The Labute approximate surface area is 184 Å². The predicted molar refractivity (Wildman–Crippen MR) is 129 cm³/mol. The second-order valence-corrected chi connectivity index (χ2v) is 10.1. The standard InChI is InChI=1S/C23H38N4O2S/c1-8-10-26(11-9-2)20(7)22(28)24-25-23(29)30-15-17(4)14-27(30)21-18(5)12-16(3)13-19(21)6/h12-13,15,17,20H,8-11,14H2,1-7H3,(H,24,28)(H,25,29)/t17?,20-,30?/m0/s1. The van der Waals surface area contributed by atoms with E-state index in [1.54, 1.807) is 0 Å². The minimum atomic E-state index is -0.735. The lowest BCUT2D eigenvalue weighted by Gasteiger charge is -2.29. The number of aryl methyl sites for hydroxylation is 3. The van der Waals surface area contributed by atoms with Crippen LogP contribution in [0.2, 0.25) is 0 Å².